The number of ether oxygens (including phenoxy) is 1. The second kappa shape index (κ2) is 14.8. The van der Waals surface area contributed by atoms with Gasteiger partial charge in [-0.25, -0.2) is 0 Å². The number of unbranched alkanes of at least 4 members (excludes halogenated alkanes) is 1. The zero-order chi connectivity index (χ0) is 36.5. The van der Waals surface area contributed by atoms with Crippen molar-refractivity contribution in [1.29, 1.82) is 5.26 Å². The van der Waals surface area contributed by atoms with E-state index in [-0.39, 0.29) is 24.1 Å². The van der Waals surface area contributed by atoms with Crippen molar-refractivity contribution in [2.45, 2.75) is 45.2 Å². The second-order valence-electron chi connectivity index (χ2n) is 14.6. The number of nitriles is 1. The number of benzene rings is 3. The van der Waals surface area contributed by atoms with Gasteiger partial charge in [0.05, 0.1) is 23.4 Å². The average Bonchev–Trinajstić information content (AvgIpc) is 3.77. The molecule has 0 aliphatic carbocycles. The van der Waals surface area contributed by atoms with Crippen LogP contribution in [0.5, 0.6) is 5.75 Å². The number of amides is 3. The van der Waals surface area contributed by atoms with E-state index >= 15 is 0 Å². The van der Waals surface area contributed by atoms with E-state index in [1.165, 1.54) is 5.69 Å². The number of H-pyrrole nitrogens is 1. The Morgan fingerprint density at radius 2 is 1.57 bits per heavy atom. The van der Waals surface area contributed by atoms with E-state index in [0.717, 1.165) is 111 Å². The minimum atomic E-state index is -0.590. The van der Waals surface area contributed by atoms with E-state index in [9.17, 15) is 19.6 Å². The maximum absolute atomic E-state index is 13.1. The molecule has 53 heavy (non-hydrogen) atoms. The molecule has 4 aromatic rings. The van der Waals surface area contributed by atoms with Gasteiger partial charge in [0, 0.05) is 93.8 Å². The van der Waals surface area contributed by atoms with Crippen LogP contribution in [0.1, 0.15) is 52.7 Å². The van der Waals surface area contributed by atoms with Crippen molar-refractivity contribution in [3.05, 3.63) is 83.0 Å². The van der Waals surface area contributed by atoms with E-state index < -0.39 is 6.04 Å². The molecule has 0 bridgehead atoms. The van der Waals surface area contributed by atoms with E-state index in [1.807, 2.05) is 18.3 Å². The smallest absolute Gasteiger partial charge is 0.255 e. The lowest BCUT2D eigenvalue weighted by atomic mass is 10.0. The monoisotopic (exact) mass is 714 g/mol. The van der Waals surface area contributed by atoms with Gasteiger partial charge < -0.3 is 29.3 Å². The molecule has 5 heterocycles. The first kappa shape index (κ1) is 34.5. The molecular weight excluding hydrogens is 669 g/mol. The fourth-order valence-electron chi connectivity index (χ4n) is 8.33. The number of piperazine rings is 2. The van der Waals surface area contributed by atoms with E-state index in [0.29, 0.717) is 30.7 Å². The molecule has 0 radical (unpaired) electrons. The Balaban J connectivity index is 0.741. The van der Waals surface area contributed by atoms with Gasteiger partial charge in [0.25, 0.3) is 5.91 Å². The summed E-state index contributed by atoms with van der Waals surface area (Å²) in [6.07, 6.45) is 4.52. The Labute approximate surface area is 309 Å². The Morgan fingerprint density at radius 1 is 0.849 bits per heavy atom. The molecule has 1 atom stereocenters. The molecule has 2 N–H and O–H groups in total. The number of carbonyl (C=O) groups excluding carboxylic acids is 3. The van der Waals surface area contributed by atoms with Crippen LogP contribution in [-0.4, -0.2) is 104 Å². The topological polar surface area (TPSA) is 128 Å². The van der Waals surface area contributed by atoms with Gasteiger partial charge in [0.2, 0.25) is 11.8 Å². The molecule has 12 heteroatoms. The summed E-state index contributed by atoms with van der Waals surface area (Å²) in [7, 11) is 0. The van der Waals surface area contributed by atoms with Crippen molar-refractivity contribution < 1.29 is 19.1 Å². The summed E-state index contributed by atoms with van der Waals surface area (Å²) in [5, 5.41) is 12.9. The van der Waals surface area contributed by atoms with Gasteiger partial charge >= 0.3 is 0 Å². The molecule has 0 spiro atoms. The number of hydrogen-bond acceptors (Lipinski definition) is 9. The van der Waals surface area contributed by atoms with Crippen LogP contribution in [0.4, 0.5) is 17.1 Å². The SMILES string of the molecule is Cc1ccc(N2CCN(c3ccc(OCCCCN4CCN(c5ccc6c(c5)CN(C5CCC(=O)NC5=O)C6=O)CC4)cc3)CC2)c2[nH]cc(C#N)c12. The Bertz CT molecular complexity index is 2050. The average molecular weight is 715 g/mol. The molecule has 274 valence electrons. The van der Waals surface area contributed by atoms with Gasteiger partial charge in [-0.2, -0.15) is 5.26 Å². The van der Waals surface area contributed by atoms with Crippen molar-refractivity contribution in [2.75, 3.05) is 80.2 Å². The molecule has 1 aromatic heterocycles. The van der Waals surface area contributed by atoms with Crippen LogP contribution >= 0.6 is 0 Å². The van der Waals surface area contributed by atoms with E-state index in [2.05, 4.69) is 85.4 Å². The highest BCUT2D eigenvalue weighted by Gasteiger charge is 2.39. The lowest BCUT2D eigenvalue weighted by molar-refractivity contribution is -0.136. The number of carbonyl (C=O) groups is 3. The maximum atomic E-state index is 13.1. The molecule has 8 rings (SSSR count). The number of fused-ring (bicyclic) bond motifs is 2. The molecule has 1 unspecified atom stereocenters. The number of nitrogens with one attached hydrogen (secondary N) is 2. The summed E-state index contributed by atoms with van der Waals surface area (Å²) < 4.78 is 6.11. The fourth-order valence-corrected chi connectivity index (χ4v) is 8.33. The quantitative estimate of drug-likeness (QED) is 0.181. The van der Waals surface area contributed by atoms with Crippen molar-refractivity contribution in [1.82, 2.24) is 20.1 Å². The lowest BCUT2D eigenvalue weighted by Gasteiger charge is -2.37. The maximum Gasteiger partial charge on any atom is 0.255 e. The molecule has 3 amide bonds. The lowest BCUT2D eigenvalue weighted by Crippen LogP contribution is -2.52. The molecule has 0 saturated carbocycles. The van der Waals surface area contributed by atoms with Gasteiger partial charge in [-0.1, -0.05) is 6.07 Å². The highest BCUT2D eigenvalue weighted by atomic mass is 16.5. The third-order valence-corrected chi connectivity index (χ3v) is 11.3. The number of hydrogen-bond donors (Lipinski definition) is 2. The van der Waals surface area contributed by atoms with Gasteiger partial charge in [0.15, 0.2) is 0 Å². The molecule has 3 aromatic carbocycles. The van der Waals surface area contributed by atoms with E-state index in [1.54, 1.807) is 4.90 Å². The minimum absolute atomic E-state index is 0.132. The first-order chi connectivity index (χ1) is 25.9. The van der Waals surface area contributed by atoms with Crippen molar-refractivity contribution in [3.63, 3.8) is 0 Å². The third kappa shape index (κ3) is 7.01. The Kier molecular flexibility index (Phi) is 9.67. The first-order valence-electron chi connectivity index (χ1n) is 18.8. The number of anilines is 3. The number of piperidine rings is 1. The summed E-state index contributed by atoms with van der Waals surface area (Å²) >= 11 is 0. The van der Waals surface area contributed by atoms with Crippen LogP contribution in [-0.2, 0) is 16.1 Å². The van der Waals surface area contributed by atoms with Crippen molar-refractivity contribution >= 4 is 45.7 Å². The molecule has 3 fully saturated rings. The van der Waals surface area contributed by atoms with Crippen molar-refractivity contribution in [3.8, 4) is 11.8 Å². The summed E-state index contributed by atoms with van der Waals surface area (Å²) in [6.45, 7) is 11.7. The number of rotatable bonds is 10. The number of aromatic amines is 1. The summed E-state index contributed by atoms with van der Waals surface area (Å²) in [5.41, 5.74) is 7.95. The molecule has 3 saturated heterocycles. The van der Waals surface area contributed by atoms with Crippen LogP contribution in [0.15, 0.2) is 60.8 Å². The van der Waals surface area contributed by atoms with Crippen LogP contribution in [0.2, 0.25) is 0 Å². The number of aromatic nitrogens is 1. The normalized spacial score (nSPS) is 19.5. The predicted molar refractivity (Wildman–Crippen MR) is 204 cm³/mol. The van der Waals surface area contributed by atoms with Crippen LogP contribution in [0, 0.1) is 18.3 Å². The first-order valence-corrected chi connectivity index (χ1v) is 18.8. The zero-order valence-electron chi connectivity index (χ0n) is 30.3. The van der Waals surface area contributed by atoms with Gasteiger partial charge in [-0.3, -0.25) is 24.6 Å². The highest BCUT2D eigenvalue weighted by molar-refractivity contribution is 6.05. The Hall–Kier alpha value is -5.54. The predicted octanol–water partition coefficient (Wildman–Crippen LogP) is 4.42. The molecular formula is C41H46N8O4. The van der Waals surface area contributed by atoms with Crippen molar-refractivity contribution in [2.24, 2.45) is 0 Å². The summed E-state index contributed by atoms with van der Waals surface area (Å²) in [5.74, 6) is 0.119. The molecule has 4 aliphatic rings. The molecule has 12 nitrogen and oxygen atoms in total. The zero-order valence-corrected chi connectivity index (χ0v) is 30.3. The standard InChI is InChI=1S/C41H46N8O4/c1-28-4-11-35(39-38(28)30(25-42)26-43-39)48-21-19-46(20-22-48)31-5-8-33(9-6-31)53-23-3-2-14-45-15-17-47(18-16-45)32-7-10-34-29(24-32)27-49(41(34)52)36-12-13-37(50)44-40(36)51/h4-11,24,26,36,43H,2-3,12-23,27H2,1H3,(H,44,50,51). The highest BCUT2D eigenvalue weighted by Crippen LogP contribution is 2.33. The molecule has 4 aliphatic heterocycles. The fraction of sp³-hybridized carbons (Fsp3) is 0.415. The second-order valence-corrected chi connectivity index (χ2v) is 14.6. The van der Waals surface area contributed by atoms with Crippen LogP contribution in [0.3, 0.4) is 0 Å². The van der Waals surface area contributed by atoms with Crippen LogP contribution in [0.25, 0.3) is 10.9 Å². The minimum Gasteiger partial charge on any atom is -0.494 e. The summed E-state index contributed by atoms with van der Waals surface area (Å²) in [4.78, 5) is 51.7. The number of imide groups is 1. The van der Waals surface area contributed by atoms with Crippen LogP contribution < -0.4 is 24.8 Å². The largest absolute Gasteiger partial charge is 0.494 e. The van der Waals surface area contributed by atoms with Gasteiger partial charge in [0.1, 0.15) is 17.9 Å². The number of aryl methyl sites for hydroxylation is 1. The number of nitrogens with zero attached hydrogens (tertiary/aromatic N) is 6. The van der Waals surface area contributed by atoms with Gasteiger partial charge in [-0.05, 0) is 92.4 Å². The Morgan fingerprint density at radius 3 is 2.32 bits per heavy atom. The van der Waals surface area contributed by atoms with E-state index in [4.69, 9.17) is 4.74 Å². The van der Waals surface area contributed by atoms with Gasteiger partial charge in [-0.15, -0.1) is 0 Å². The third-order valence-electron chi connectivity index (χ3n) is 11.3. The summed E-state index contributed by atoms with van der Waals surface area (Å²) in [6, 6.07) is 20.5.